The van der Waals surface area contributed by atoms with Crippen LogP contribution in [0.1, 0.15) is 13.8 Å². The Morgan fingerprint density at radius 2 is 1.20 bits per heavy atom. The fourth-order valence-corrected chi connectivity index (χ4v) is 0. The molecule has 0 aromatic heterocycles. The van der Waals surface area contributed by atoms with Gasteiger partial charge < -0.3 is 10.2 Å². The molecule has 0 bridgehead atoms. The summed E-state index contributed by atoms with van der Waals surface area (Å²) in [5, 5.41) is 16.8. The molecule has 0 amide bonds. The van der Waals surface area contributed by atoms with Crippen LogP contribution in [0.25, 0.3) is 0 Å². The van der Waals surface area contributed by atoms with Crippen LogP contribution in [0.15, 0.2) is 25.3 Å². The third-order valence-electron chi connectivity index (χ3n) is 0.865. The van der Waals surface area contributed by atoms with Gasteiger partial charge in [0.1, 0.15) is 0 Å². The Bertz CT molecular complexity index is 73.3. The van der Waals surface area contributed by atoms with Crippen molar-refractivity contribution < 1.29 is 10.2 Å². The molecule has 0 aromatic carbocycles. The van der Waals surface area contributed by atoms with Gasteiger partial charge in [0.25, 0.3) is 0 Å². The van der Waals surface area contributed by atoms with Crippen molar-refractivity contribution in [3.8, 4) is 0 Å². The third-order valence-corrected chi connectivity index (χ3v) is 0.865. The van der Waals surface area contributed by atoms with E-state index in [0.29, 0.717) is 0 Å². The van der Waals surface area contributed by atoms with E-state index in [0.717, 1.165) is 0 Å². The SMILES string of the molecule is C=CC=C.CC(O)C(C)O. The van der Waals surface area contributed by atoms with Crippen molar-refractivity contribution in [2.24, 2.45) is 0 Å². The summed E-state index contributed by atoms with van der Waals surface area (Å²) in [6.45, 7) is 9.81. The predicted molar refractivity (Wildman–Crippen MR) is 43.8 cm³/mol. The van der Waals surface area contributed by atoms with Gasteiger partial charge in [0.05, 0.1) is 12.2 Å². The highest BCUT2D eigenvalue weighted by Gasteiger charge is 1.99. The monoisotopic (exact) mass is 144 g/mol. The lowest BCUT2D eigenvalue weighted by Gasteiger charge is -2.03. The number of rotatable bonds is 2. The van der Waals surface area contributed by atoms with Crippen LogP contribution in [-0.4, -0.2) is 22.4 Å². The first-order valence-electron chi connectivity index (χ1n) is 3.15. The van der Waals surface area contributed by atoms with Crippen LogP contribution in [0.2, 0.25) is 0 Å². The molecule has 10 heavy (non-hydrogen) atoms. The second kappa shape index (κ2) is 8.40. The molecule has 0 saturated heterocycles. The van der Waals surface area contributed by atoms with Crippen LogP contribution in [0.5, 0.6) is 0 Å². The molecule has 0 aromatic rings. The van der Waals surface area contributed by atoms with Crippen LogP contribution >= 0.6 is 0 Å². The Hall–Kier alpha value is -0.600. The van der Waals surface area contributed by atoms with Gasteiger partial charge in [0.15, 0.2) is 0 Å². The maximum absolute atomic E-state index is 8.38. The Balaban J connectivity index is 0. The van der Waals surface area contributed by atoms with Gasteiger partial charge in [0.2, 0.25) is 0 Å². The van der Waals surface area contributed by atoms with Gasteiger partial charge in [-0.05, 0) is 13.8 Å². The van der Waals surface area contributed by atoms with Gasteiger partial charge in [-0.25, -0.2) is 0 Å². The average molecular weight is 144 g/mol. The number of aliphatic hydroxyl groups excluding tert-OH is 2. The molecule has 0 saturated carbocycles. The highest BCUT2D eigenvalue weighted by atomic mass is 16.3. The smallest absolute Gasteiger partial charge is 0.0768 e. The molecule has 0 spiro atoms. The summed E-state index contributed by atoms with van der Waals surface area (Å²) in [7, 11) is 0. The van der Waals surface area contributed by atoms with Gasteiger partial charge in [-0.15, -0.1) is 0 Å². The van der Waals surface area contributed by atoms with Gasteiger partial charge in [-0.2, -0.15) is 0 Å². The molecule has 60 valence electrons. The lowest BCUT2D eigenvalue weighted by atomic mass is 10.3. The van der Waals surface area contributed by atoms with Gasteiger partial charge in [-0.1, -0.05) is 25.3 Å². The molecule has 2 unspecified atom stereocenters. The Morgan fingerprint density at radius 3 is 1.20 bits per heavy atom. The fraction of sp³-hybridized carbons (Fsp3) is 0.500. The minimum absolute atomic E-state index is 0.593. The van der Waals surface area contributed by atoms with Crippen molar-refractivity contribution in [1.29, 1.82) is 0 Å². The first-order chi connectivity index (χ1) is 4.56. The average Bonchev–Trinajstić information content (AvgIpc) is 1.89. The number of aliphatic hydroxyl groups is 2. The normalized spacial score (nSPS) is 14.0. The highest BCUT2D eigenvalue weighted by Crippen LogP contribution is 1.85. The first kappa shape index (κ1) is 12.1. The summed E-state index contributed by atoms with van der Waals surface area (Å²) >= 11 is 0. The lowest BCUT2D eigenvalue weighted by Crippen LogP contribution is -2.17. The minimum atomic E-state index is -0.593. The Kier molecular flexibility index (Phi) is 10.2. The van der Waals surface area contributed by atoms with Crippen LogP contribution in [-0.2, 0) is 0 Å². The molecular formula is C8H16O2. The predicted octanol–water partition coefficient (Wildman–Crippen LogP) is 1.11. The zero-order valence-corrected chi connectivity index (χ0v) is 6.62. The van der Waals surface area contributed by atoms with Crippen molar-refractivity contribution >= 4 is 0 Å². The zero-order chi connectivity index (χ0) is 8.57. The van der Waals surface area contributed by atoms with Crippen molar-refractivity contribution in [2.45, 2.75) is 26.1 Å². The van der Waals surface area contributed by atoms with E-state index in [2.05, 4.69) is 13.2 Å². The topological polar surface area (TPSA) is 40.5 Å². The molecule has 0 aliphatic carbocycles. The molecule has 0 aliphatic heterocycles. The van der Waals surface area contributed by atoms with E-state index < -0.39 is 12.2 Å². The van der Waals surface area contributed by atoms with Crippen LogP contribution in [0, 0.1) is 0 Å². The molecule has 0 heterocycles. The van der Waals surface area contributed by atoms with Gasteiger partial charge in [-0.3, -0.25) is 0 Å². The summed E-state index contributed by atoms with van der Waals surface area (Å²) in [5.41, 5.74) is 0. The van der Waals surface area contributed by atoms with Crippen molar-refractivity contribution in [3.63, 3.8) is 0 Å². The first-order valence-corrected chi connectivity index (χ1v) is 3.15. The molecular weight excluding hydrogens is 128 g/mol. The second-order valence-corrected chi connectivity index (χ2v) is 1.95. The summed E-state index contributed by atoms with van der Waals surface area (Å²) in [4.78, 5) is 0. The maximum Gasteiger partial charge on any atom is 0.0768 e. The molecule has 0 rings (SSSR count). The summed E-state index contributed by atoms with van der Waals surface area (Å²) < 4.78 is 0. The lowest BCUT2D eigenvalue weighted by molar-refractivity contribution is 0.0438. The minimum Gasteiger partial charge on any atom is -0.391 e. The van der Waals surface area contributed by atoms with E-state index in [1.165, 1.54) is 0 Å². The second-order valence-electron chi connectivity index (χ2n) is 1.95. The zero-order valence-electron chi connectivity index (χ0n) is 6.62. The molecule has 0 fully saturated rings. The van der Waals surface area contributed by atoms with Crippen molar-refractivity contribution in [2.75, 3.05) is 0 Å². The van der Waals surface area contributed by atoms with E-state index in [1.54, 1.807) is 26.0 Å². The van der Waals surface area contributed by atoms with E-state index in [1.807, 2.05) is 0 Å². The van der Waals surface area contributed by atoms with Gasteiger partial charge >= 0.3 is 0 Å². The maximum atomic E-state index is 8.38. The molecule has 2 atom stereocenters. The van der Waals surface area contributed by atoms with Crippen LogP contribution in [0.3, 0.4) is 0 Å². The number of hydrogen-bond acceptors (Lipinski definition) is 2. The van der Waals surface area contributed by atoms with Crippen LogP contribution < -0.4 is 0 Å². The van der Waals surface area contributed by atoms with Crippen molar-refractivity contribution in [1.82, 2.24) is 0 Å². The van der Waals surface area contributed by atoms with E-state index in [4.69, 9.17) is 10.2 Å². The molecule has 0 radical (unpaired) electrons. The fourth-order valence-electron chi connectivity index (χ4n) is 0. The number of hydrogen-bond donors (Lipinski definition) is 2. The molecule has 2 N–H and O–H groups in total. The van der Waals surface area contributed by atoms with E-state index >= 15 is 0 Å². The highest BCUT2D eigenvalue weighted by molar-refractivity contribution is 4.88. The molecule has 2 heteroatoms. The third kappa shape index (κ3) is 15.7. The molecule has 0 aliphatic rings. The quantitative estimate of drug-likeness (QED) is 0.570. The Labute approximate surface area is 62.5 Å². The van der Waals surface area contributed by atoms with Crippen LogP contribution in [0.4, 0.5) is 0 Å². The summed E-state index contributed by atoms with van der Waals surface area (Å²) in [5.74, 6) is 0. The van der Waals surface area contributed by atoms with E-state index in [-0.39, 0.29) is 0 Å². The molecule has 2 nitrogen and oxygen atoms in total. The largest absolute Gasteiger partial charge is 0.391 e. The summed E-state index contributed by atoms with van der Waals surface area (Å²) in [6.07, 6.45) is 2.09. The Morgan fingerprint density at radius 1 is 1.00 bits per heavy atom. The van der Waals surface area contributed by atoms with E-state index in [9.17, 15) is 0 Å². The van der Waals surface area contributed by atoms with Crippen molar-refractivity contribution in [3.05, 3.63) is 25.3 Å². The van der Waals surface area contributed by atoms with Gasteiger partial charge in [0, 0.05) is 0 Å². The standard InChI is InChI=1S/C4H10O2.C4H6/c1-3(5)4(2)6;1-3-4-2/h3-6H,1-2H3;3-4H,1-2H2. The number of allylic oxidation sites excluding steroid dienone is 2. The summed E-state index contributed by atoms with van der Waals surface area (Å²) in [6, 6.07) is 0.